The topological polar surface area (TPSA) is 63.4 Å². The SMILES string of the molecule is CN(Cc1ncc(-c2ccc(Cl)cc2)o1)[C@H]1CCS(=O)(=O)C1. The molecule has 1 aliphatic rings. The third-order valence-corrected chi connectivity index (χ3v) is 5.90. The number of sulfone groups is 1. The molecule has 2 aromatic rings. The van der Waals surface area contributed by atoms with Crippen LogP contribution in [0.5, 0.6) is 0 Å². The van der Waals surface area contributed by atoms with Gasteiger partial charge in [0.25, 0.3) is 0 Å². The van der Waals surface area contributed by atoms with Crippen molar-refractivity contribution in [3.05, 3.63) is 41.4 Å². The molecule has 2 heterocycles. The fourth-order valence-corrected chi connectivity index (χ4v) is 4.53. The van der Waals surface area contributed by atoms with Crippen molar-refractivity contribution in [3.63, 3.8) is 0 Å². The molecule has 0 radical (unpaired) electrons. The van der Waals surface area contributed by atoms with Gasteiger partial charge in [0, 0.05) is 16.6 Å². The van der Waals surface area contributed by atoms with Gasteiger partial charge in [-0.15, -0.1) is 0 Å². The lowest BCUT2D eigenvalue weighted by atomic mass is 10.2. The van der Waals surface area contributed by atoms with Gasteiger partial charge in [0.2, 0.25) is 5.89 Å². The molecule has 0 aliphatic carbocycles. The van der Waals surface area contributed by atoms with Crippen LogP contribution < -0.4 is 0 Å². The molecule has 1 aromatic carbocycles. The predicted molar refractivity (Wildman–Crippen MR) is 85.5 cm³/mol. The van der Waals surface area contributed by atoms with Crippen LogP contribution in [0, 0.1) is 0 Å². The van der Waals surface area contributed by atoms with E-state index in [1.54, 1.807) is 18.3 Å². The number of hydrogen-bond acceptors (Lipinski definition) is 5. The van der Waals surface area contributed by atoms with Gasteiger partial charge in [-0.25, -0.2) is 13.4 Å². The Labute approximate surface area is 134 Å². The zero-order valence-corrected chi connectivity index (χ0v) is 13.8. The van der Waals surface area contributed by atoms with E-state index >= 15 is 0 Å². The summed E-state index contributed by atoms with van der Waals surface area (Å²) in [4.78, 5) is 6.26. The van der Waals surface area contributed by atoms with Crippen LogP contribution >= 0.6 is 11.6 Å². The van der Waals surface area contributed by atoms with Crippen LogP contribution in [0.4, 0.5) is 0 Å². The Bertz CT molecular complexity index is 755. The van der Waals surface area contributed by atoms with Crippen molar-refractivity contribution < 1.29 is 12.8 Å². The van der Waals surface area contributed by atoms with Crippen LogP contribution in [0.1, 0.15) is 12.3 Å². The summed E-state index contributed by atoms with van der Waals surface area (Å²) in [7, 11) is -0.979. The zero-order valence-electron chi connectivity index (χ0n) is 12.2. The van der Waals surface area contributed by atoms with E-state index in [2.05, 4.69) is 4.98 Å². The third kappa shape index (κ3) is 3.51. The van der Waals surface area contributed by atoms with E-state index in [-0.39, 0.29) is 17.5 Å². The molecule has 7 heteroatoms. The highest BCUT2D eigenvalue weighted by atomic mass is 35.5. The van der Waals surface area contributed by atoms with Crippen LogP contribution in [0.15, 0.2) is 34.9 Å². The molecule has 1 saturated heterocycles. The van der Waals surface area contributed by atoms with Crippen LogP contribution in [0.3, 0.4) is 0 Å². The van der Waals surface area contributed by atoms with Crippen molar-refractivity contribution in [1.29, 1.82) is 0 Å². The highest BCUT2D eigenvalue weighted by molar-refractivity contribution is 7.91. The first-order valence-corrected chi connectivity index (χ1v) is 9.24. The minimum Gasteiger partial charge on any atom is -0.439 e. The summed E-state index contributed by atoms with van der Waals surface area (Å²) in [5, 5.41) is 0.672. The summed E-state index contributed by atoms with van der Waals surface area (Å²) >= 11 is 5.87. The molecule has 0 unspecified atom stereocenters. The number of hydrogen-bond donors (Lipinski definition) is 0. The van der Waals surface area contributed by atoms with Crippen molar-refractivity contribution in [1.82, 2.24) is 9.88 Å². The van der Waals surface area contributed by atoms with Gasteiger partial charge in [-0.05, 0) is 37.7 Å². The van der Waals surface area contributed by atoms with Crippen LogP contribution in [0.25, 0.3) is 11.3 Å². The number of aromatic nitrogens is 1. The first-order chi connectivity index (χ1) is 10.4. The van der Waals surface area contributed by atoms with Gasteiger partial charge < -0.3 is 4.42 Å². The summed E-state index contributed by atoms with van der Waals surface area (Å²) in [6.07, 6.45) is 2.35. The maximum absolute atomic E-state index is 11.5. The first kappa shape index (κ1) is 15.5. The Morgan fingerprint density at radius 1 is 1.36 bits per heavy atom. The molecule has 118 valence electrons. The van der Waals surface area contributed by atoms with E-state index < -0.39 is 9.84 Å². The minimum absolute atomic E-state index is 0.0379. The van der Waals surface area contributed by atoms with E-state index in [4.69, 9.17) is 16.0 Å². The second-order valence-corrected chi connectivity index (χ2v) is 8.26. The van der Waals surface area contributed by atoms with Crippen molar-refractivity contribution in [2.45, 2.75) is 19.0 Å². The lowest BCUT2D eigenvalue weighted by Gasteiger charge is -2.20. The lowest BCUT2D eigenvalue weighted by Crippen LogP contribution is -2.32. The maximum Gasteiger partial charge on any atom is 0.209 e. The van der Waals surface area contributed by atoms with Crippen molar-refractivity contribution in [2.75, 3.05) is 18.6 Å². The predicted octanol–water partition coefficient (Wildman–Crippen LogP) is 2.61. The van der Waals surface area contributed by atoms with Gasteiger partial charge in [-0.2, -0.15) is 0 Å². The molecule has 1 aliphatic heterocycles. The van der Waals surface area contributed by atoms with E-state index in [1.807, 2.05) is 24.1 Å². The number of nitrogens with zero attached hydrogens (tertiary/aromatic N) is 2. The van der Waals surface area contributed by atoms with Crippen LogP contribution in [-0.4, -0.2) is 42.9 Å². The third-order valence-electron chi connectivity index (χ3n) is 3.90. The van der Waals surface area contributed by atoms with Crippen LogP contribution in [-0.2, 0) is 16.4 Å². The number of halogens is 1. The molecule has 0 spiro atoms. The molecule has 0 bridgehead atoms. The lowest BCUT2D eigenvalue weighted by molar-refractivity contribution is 0.230. The molecule has 0 saturated carbocycles. The monoisotopic (exact) mass is 340 g/mol. The Morgan fingerprint density at radius 3 is 2.73 bits per heavy atom. The van der Waals surface area contributed by atoms with Gasteiger partial charge in [-0.1, -0.05) is 11.6 Å². The van der Waals surface area contributed by atoms with E-state index in [0.717, 1.165) is 5.56 Å². The average Bonchev–Trinajstić information content (AvgIpc) is 3.06. The normalized spacial score (nSPS) is 20.6. The van der Waals surface area contributed by atoms with Gasteiger partial charge in [0.05, 0.1) is 24.2 Å². The number of benzene rings is 1. The molecular weight excluding hydrogens is 324 g/mol. The Kier molecular flexibility index (Phi) is 4.25. The molecule has 0 amide bonds. The summed E-state index contributed by atoms with van der Waals surface area (Å²) in [6.45, 7) is 0.494. The van der Waals surface area contributed by atoms with Gasteiger partial charge in [0.15, 0.2) is 15.6 Å². The first-order valence-electron chi connectivity index (χ1n) is 7.04. The van der Waals surface area contributed by atoms with Crippen molar-refractivity contribution in [3.8, 4) is 11.3 Å². The smallest absolute Gasteiger partial charge is 0.209 e. The molecular formula is C15H17ClN2O3S. The fourth-order valence-electron chi connectivity index (χ4n) is 2.60. The fraction of sp³-hybridized carbons (Fsp3) is 0.400. The largest absolute Gasteiger partial charge is 0.439 e. The molecule has 1 aromatic heterocycles. The minimum atomic E-state index is -2.88. The van der Waals surface area contributed by atoms with Gasteiger partial charge in [0.1, 0.15) is 0 Å². The molecule has 0 N–H and O–H groups in total. The summed E-state index contributed by atoms with van der Waals surface area (Å²) < 4.78 is 28.8. The number of oxazole rings is 1. The van der Waals surface area contributed by atoms with Crippen molar-refractivity contribution >= 4 is 21.4 Å². The van der Waals surface area contributed by atoms with Gasteiger partial charge in [-0.3, -0.25) is 4.90 Å². The maximum atomic E-state index is 11.5. The Balaban J connectivity index is 1.68. The summed E-state index contributed by atoms with van der Waals surface area (Å²) in [5.74, 6) is 1.74. The zero-order chi connectivity index (χ0) is 15.7. The standard InChI is InChI=1S/C15H17ClN2O3S/c1-18(13-6-7-22(19,20)10-13)9-15-17-8-14(21-15)11-2-4-12(16)5-3-11/h2-5,8,13H,6-7,9-10H2,1H3/t13-/m0/s1. The number of rotatable bonds is 4. The molecule has 1 atom stereocenters. The Hall–Kier alpha value is -1.37. The second-order valence-electron chi connectivity index (χ2n) is 5.60. The second kappa shape index (κ2) is 6.02. The van der Waals surface area contributed by atoms with Crippen molar-refractivity contribution in [2.24, 2.45) is 0 Å². The molecule has 22 heavy (non-hydrogen) atoms. The quantitative estimate of drug-likeness (QED) is 0.856. The van der Waals surface area contributed by atoms with E-state index in [1.165, 1.54) is 0 Å². The van der Waals surface area contributed by atoms with E-state index in [9.17, 15) is 8.42 Å². The van der Waals surface area contributed by atoms with Crippen LogP contribution in [0.2, 0.25) is 5.02 Å². The Morgan fingerprint density at radius 2 is 2.09 bits per heavy atom. The van der Waals surface area contributed by atoms with E-state index in [0.29, 0.717) is 29.6 Å². The average molecular weight is 341 g/mol. The van der Waals surface area contributed by atoms with Gasteiger partial charge >= 0.3 is 0 Å². The highest BCUT2D eigenvalue weighted by Crippen LogP contribution is 2.24. The molecule has 1 fully saturated rings. The highest BCUT2D eigenvalue weighted by Gasteiger charge is 2.31. The molecule has 3 rings (SSSR count). The summed E-state index contributed by atoms with van der Waals surface area (Å²) in [6, 6.07) is 7.39. The molecule has 5 nitrogen and oxygen atoms in total. The summed E-state index contributed by atoms with van der Waals surface area (Å²) in [5.41, 5.74) is 0.911.